The number of aryl methyl sites for hydroxylation is 1. The number of thiophene rings is 1. The van der Waals surface area contributed by atoms with Crippen molar-refractivity contribution in [2.45, 2.75) is 13.0 Å². The Bertz CT molecular complexity index is 533. The second-order valence-electron chi connectivity index (χ2n) is 4.03. The van der Waals surface area contributed by atoms with Crippen molar-refractivity contribution in [1.82, 2.24) is 15.1 Å². The fraction of sp³-hybridized carbons (Fsp3) is 0.333. The number of aromatic carboxylic acids is 1. The smallest absolute Gasteiger partial charge is 0.346 e. The fourth-order valence-corrected chi connectivity index (χ4v) is 2.48. The molecule has 5 nitrogen and oxygen atoms in total. The van der Waals surface area contributed by atoms with E-state index >= 15 is 0 Å². The lowest BCUT2D eigenvalue weighted by Gasteiger charge is -2.03. The highest BCUT2D eigenvalue weighted by atomic mass is 32.1. The van der Waals surface area contributed by atoms with Gasteiger partial charge in [0.1, 0.15) is 4.88 Å². The quantitative estimate of drug-likeness (QED) is 0.777. The van der Waals surface area contributed by atoms with Gasteiger partial charge in [-0.25, -0.2) is 4.79 Å². The summed E-state index contributed by atoms with van der Waals surface area (Å²) >= 11 is 1.26. The highest BCUT2D eigenvalue weighted by Crippen LogP contribution is 2.16. The van der Waals surface area contributed by atoms with Gasteiger partial charge >= 0.3 is 5.97 Å². The molecule has 6 heteroatoms. The van der Waals surface area contributed by atoms with Gasteiger partial charge in [0.2, 0.25) is 0 Å². The summed E-state index contributed by atoms with van der Waals surface area (Å²) < 4.78 is 1.77. The predicted molar refractivity (Wildman–Crippen MR) is 69.9 cm³/mol. The number of carboxylic acid groups (broad SMARTS) is 1. The van der Waals surface area contributed by atoms with Gasteiger partial charge in [0, 0.05) is 19.8 Å². The van der Waals surface area contributed by atoms with Crippen molar-refractivity contribution in [2.75, 3.05) is 6.54 Å². The van der Waals surface area contributed by atoms with Crippen LogP contribution in [-0.2, 0) is 20.0 Å². The molecule has 0 saturated carbocycles. The lowest BCUT2D eigenvalue weighted by molar-refractivity contribution is 0.0701. The topological polar surface area (TPSA) is 67.2 Å². The van der Waals surface area contributed by atoms with Gasteiger partial charge in [0.25, 0.3) is 0 Å². The third kappa shape index (κ3) is 3.18. The number of carboxylic acids is 1. The van der Waals surface area contributed by atoms with Gasteiger partial charge in [-0.3, -0.25) is 4.68 Å². The lowest BCUT2D eigenvalue weighted by atomic mass is 10.2. The van der Waals surface area contributed by atoms with Crippen molar-refractivity contribution in [3.63, 3.8) is 0 Å². The zero-order chi connectivity index (χ0) is 13.0. The van der Waals surface area contributed by atoms with Gasteiger partial charge < -0.3 is 10.4 Å². The summed E-state index contributed by atoms with van der Waals surface area (Å²) in [6, 6.07) is 1.85. The molecule has 0 fully saturated rings. The summed E-state index contributed by atoms with van der Waals surface area (Å²) in [6.07, 6.45) is 4.71. The van der Waals surface area contributed by atoms with Crippen LogP contribution < -0.4 is 5.32 Å². The second kappa shape index (κ2) is 5.79. The van der Waals surface area contributed by atoms with Crippen molar-refractivity contribution >= 4 is 17.3 Å². The Balaban J connectivity index is 1.78. The molecule has 0 atom stereocenters. The summed E-state index contributed by atoms with van der Waals surface area (Å²) in [5, 5.41) is 18.1. The first kappa shape index (κ1) is 12.8. The Hall–Kier alpha value is -1.66. The van der Waals surface area contributed by atoms with E-state index in [0.717, 1.165) is 18.5 Å². The Morgan fingerprint density at radius 2 is 2.44 bits per heavy atom. The highest BCUT2D eigenvalue weighted by molar-refractivity contribution is 7.12. The number of carbonyl (C=O) groups is 1. The van der Waals surface area contributed by atoms with Crippen LogP contribution in [0.5, 0.6) is 0 Å². The fourth-order valence-electron chi connectivity index (χ4n) is 1.72. The SMILES string of the molecule is Cn1cc(CCNCc2ccsc2C(=O)O)cn1. The highest BCUT2D eigenvalue weighted by Gasteiger charge is 2.10. The van der Waals surface area contributed by atoms with Gasteiger partial charge in [-0.15, -0.1) is 11.3 Å². The monoisotopic (exact) mass is 265 g/mol. The average Bonchev–Trinajstić information content (AvgIpc) is 2.93. The van der Waals surface area contributed by atoms with Crippen LogP contribution in [0.4, 0.5) is 0 Å². The first-order valence-electron chi connectivity index (χ1n) is 5.64. The molecule has 0 bridgehead atoms. The van der Waals surface area contributed by atoms with Crippen LogP contribution >= 0.6 is 11.3 Å². The molecule has 0 unspecified atom stereocenters. The molecule has 2 N–H and O–H groups in total. The number of nitrogens with one attached hydrogen (secondary N) is 1. The van der Waals surface area contributed by atoms with Gasteiger partial charge in [-0.1, -0.05) is 0 Å². The molecule has 2 heterocycles. The molecule has 0 aromatic carbocycles. The van der Waals surface area contributed by atoms with Gasteiger partial charge in [-0.05, 0) is 35.5 Å². The molecule has 0 aliphatic heterocycles. The zero-order valence-electron chi connectivity index (χ0n) is 10.1. The minimum Gasteiger partial charge on any atom is -0.477 e. The van der Waals surface area contributed by atoms with Crippen LogP contribution in [-0.4, -0.2) is 27.4 Å². The minimum atomic E-state index is -0.853. The van der Waals surface area contributed by atoms with E-state index in [9.17, 15) is 4.79 Å². The maximum atomic E-state index is 10.9. The molecule has 0 radical (unpaired) electrons. The number of hydrogen-bond acceptors (Lipinski definition) is 4. The molecule has 96 valence electrons. The van der Waals surface area contributed by atoms with E-state index in [-0.39, 0.29) is 0 Å². The summed E-state index contributed by atoms with van der Waals surface area (Å²) in [5.74, 6) is -0.853. The van der Waals surface area contributed by atoms with Crippen LogP contribution in [0.1, 0.15) is 20.8 Å². The molecule has 0 saturated heterocycles. The first-order valence-corrected chi connectivity index (χ1v) is 6.52. The predicted octanol–water partition coefficient (Wildman–Crippen LogP) is 1.51. The first-order chi connectivity index (χ1) is 8.66. The van der Waals surface area contributed by atoms with Crippen molar-refractivity contribution in [3.8, 4) is 0 Å². The lowest BCUT2D eigenvalue weighted by Crippen LogP contribution is -2.17. The molecular formula is C12H15N3O2S. The Kier molecular flexibility index (Phi) is 4.11. The molecule has 18 heavy (non-hydrogen) atoms. The van der Waals surface area contributed by atoms with E-state index in [2.05, 4.69) is 10.4 Å². The van der Waals surface area contributed by atoms with Crippen molar-refractivity contribution in [1.29, 1.82) is 0 Å². The molecule has 2 aromatic heterocycles. The van der Waals surface area contributed by atoms with E-state index in [1.807, 2.05) is 30.9 Å². The Morgan fingerprint density at radius 1 is 1.61 bits per heavy atom. The van der Waals surface area contributed by atoms with Crippen molar-refractivity contribution < 1.29 is 9.90 Å². The van der Waals surface area contributed by atoms with Gasteiger partial charge in [0.15, 0.2) is 0 Å². The number of nitrogens with zero attached hydrogens (tertiary/aromatic N) is 2. The Morgan fingerprint density at radius 3 is 3.11 bits per heavy atom. The van der Waals surface area contributed by atoms with E-state index < -0.39 is 5.97 Å². The molecule has 0 aliphatic carbocycles. The summed E-state index contributed by atoms with van der Waals surface area (Å²) in [7, 11) is 1.89. The number of aromatic nitrogens is 2. The van der Waals surface area contributed by atoms with Crippen LogP contribution in [0.25, 0.3) is 0 Å². The largest absolute Gasteiger partial charge is 0.477 e. The van der Waals surface area contributed by atoms with Gasteiger partial charge in [-0.2, -0.15) is 5.10 Å². The standard InChI is InChI=1S/C12H15N3O2S/c1-15-8-9(6-14-15)2-4-13-7-10-3-5-18-11(10)12(16)17/h3,5-6,8,13H,2,4,7H2,1H3,(H,16,17). The molecule has 2 aromatic rings. The summed E-state index contributed by atoms with van der Waals surface area (Å²) in [5.41, 5.74) is 2.02. The molecular weight excluding hydrogens is 250 g/mol. The van der Waals surface area contributed by atoms with Crippen LogP contribution in [0.3, 0.4) is 0 Å². The van der Waals surface area contributed by atoms with E-state index in [0.29, 0.717) is 11.4 Å². The van der Waals surface area contributed by atoms with Gasteiger partial charge in [0.05, 0.1) is 6.20 Å². The third-order valence-electron chi connectivity index (χ3n) is 2.61. The Labute approximate surface area is 109 Å². The number of rotatable bonds is 6. The van der Waals surface area contributed by atoms with Crippen LogP contribution in [0.2, 0.25) is 0 Å². The summed E-state index contributed by atoms with van der Waals surface area (Å²) in [6.45, 7) is 1.39. The number of hydrogen-bond donors (Lipinski definition) is 2. The van der Waals surface area contributed by atoms with Crippen molar-refractivity contribution in [3.05, 3.63) is 39.8 Å². The van der Waals surface area contributed by atoms with Crippen LogP contribution in [0.15, 0.2) is 23.8 Å². The zero-order valence-corrected chi connectivity index (χ0v) is 10.9. The molecule has 2 rings (SSSR count). The van der Waals surface area contributed by atoms with E-state index in [4.69, 9.17) is 5.11 Å². The molecule has 0 aliphatic rings. The maximum absolute atomic E-state index is 10.9. The van der Waals surface area contributed by atoms with E-state index in [1.165, 1.54) is 16.9 Å². The average molecular weight is 265 g/mol. The molecule has 0 spiro atoms. The normalized spacial score (nSPS) is 10.7. The maximum Gasteiger partial charge on any atom is 0.346 e. The summed E-state index contributed by atoms with van der Waals surface area (Å²) in [4.78, 5) is 11.3. The third-order valence-corrected chi connectivity index (χ3v) is 3.55. The van der Waals surface area contributed by atoms with Crippen LogP contribution in [0, 0.1) is 0 Å². The second-order valence-corrected chi connectivity index (χ2v) is 4.95. The van der Waals surface area contributed by atoms with Crippen molar-refractivity contribution in [2.24, 2.45) is 7.05 Å². The van der Waals surface area contributed by atoms with E-state index in [1.54, 1.807) is 4.68 Å². The molecule has 0 amide bonds. The minimum absolute atomic E-state index is 0.420.